The lowest BCUT2D eigenvalue weighted by molar-refractivity contribution is 0.0715. The molecule has 1 aromatic carbocycles. The van der Waals surface area contributed by atoms with Crippen molar-refractivity contribution in [1.29, 1.82) is 5.26 Å². The Morgan fingerprint density at radius 2 is 2.04 bits per heavy atom. The van der Waals surface area contributed by atoms with Gasteiger partial charge in [-0.15, -0.1) is 0 Å². The van der Waals surface area contributed by atoms with Crippen molar-refractivity contribution in [2.45, 2.75) is 13.0 Å². The van der Waals surface area contributed by atoms with Crippen LogP contribution in [0.4, 0.5) is 4.39 Å². The summed E-state index contributed by atoms with van der Waals surface area (Å²) in [7, 11) is 0. The third kappa shape index (κ3) is 3.95. The minimum absolute atomic E-state index is 0.102. The number of aromatic nitrogens is 1. The van der Waals surface area contributed by atoms with Crippen LogP contribution in [0.3, 0.4) is 0 Å². The normalized spacial score (nSPS) is 10.3. The first-order chi connectivity index (χ1) is 12.7. The zero-order valence-electron chi connectivity index (χ0n) is 13.9. The van der Waals surface area contributed by atoms with Gasteiger partial charge in [0.15, 0.2) is 5.76 Å². The van der Waals surface area contributed by atoms with Crippen molar-refractivity contribution in [1.82, 2.24) is 9.88 Å². The molecule has 0 saturated heterocycles. The fourth-order valence-corrected chi connectivity index (χ4v) is 2.56. The van der Waals surface area contributed by atoms with Crippen LogP contribution in [0.5, 0.6) is 0 Å². The van der Waals surface area contributed by atoms with Gasteiger partial charge in [0, 0.05) is 25.5 Å². The quantitative estimate of drug-likeness (QED) is 0.673. The average molecular weight is 349 g/mol. The highest BCUT2D eigenvalue weighted by molar-refractivity contribution is 5.92. The number of hydrogen-bond donors (Lipinski definition) is 0. The zero-order valence-corrected chi connectivity index (χ0v) is 13.9. The molecule has 26 heavy (non-hydrogen) atoms. The third-order valence-electron chi connectivity index (χ3n) is 3.83. The molecule has 0 unspecified atom stereocenters. The van der Waals surface area contributed by atoms with Crippen molar-refractivity contribution in [2.24, 2.45) is 0 Å². The molecule has 0 aliphatic carbocycles. The van der Waals surface area contributed by atoms with Crippen molar-refractivity contribution in [2.75, 3.05) is 6.54 Å². The number of nitrogens with zero attached hydrogens (tertiary/aromatic N) is 3. The molecule has 0 spiro atoms. The highest BCUT2D eigenvalue weighted by atomic mass is 19.1. The topological polar surface area (TPSA) is 70.1 Å². The Hall–Kier alpha value is -3.46. The first kappa shape index (κ1) is 17.4. The molecule has 2 aromatic heterocycles. The monoisotopic (exact) mass is 349 g/mol. The van der Waals surface area contributed by atoms with E-state index in [1.54, 1.807) is 42.7 Å². The van der Waals surface area contributed by atoms with Crippen LogP contribution in [0, 0.1) is 17.1 Å². The largest absolute Gasteiger partial charge is 0.451 e. The Kier molecular flexibility index (Phi) is 5.40. The number of nitriles is 1. The molecule has 2 heterocycles. The van der Waals surface area contributed by atoms with Crippen molar-refractivity contribution in [3.05, 3.63) is 78.1 Å². The molecule has 0 saturated carbocycles. The molecule has 0 fully saturated rings. The van der Waals surface area contributed by atoms with Crippen LogP contribution in [0.15, 0.2) is 65.3 Å². The summed E-state index contributed by atoms with van der Waals surface area (Å²) in [6.07, 6.45) is 3.52. The highest BCUT2D eigenvalue weighted by Gasteiger charge is 2.20. The number of carbonyl (C=O) groups is 1. The molecule has 3 aromatic rings. The van der Waals surface area contributed by atoms with Crippen molar-refractivity contribution < 1.29 is 13.6 Å². The van der Waals surface area contributed by atoms with E-state index in [0.29, 0.717) is 12.1 Å². The summed E-state index contributed by atoms with van der Waals surface area (Å²) in [6.45, 7) is 0.573. The summed E-state index contributed by atoms with van der Waals surface area (Å²) in [4.78, 5) is 18.3. The van der Waals surface area contributed by atoms with Crippen LogP contribution in [0.1, 0.15) is 22.5 Å². The lowest BCUT2D eigenvalue weighted by Crippen LogP contribution is -2.31. The van der Waals surface area contributed by atoms with Gasteiger partial charge in [0.25, 0.3) is 5.91 Å². The number of furan rings is 1. The number of rotatable bonds is 6. The third-order valence-corrected chi connectivity index (χ3v) is 3.83. The maximum absolute atomic E-state index is 13.9. The SMILES string of the molecule is N#CCCN(Cc1cccnc1)C(=O)c1ccc(-c2ccccc2F)o1. The van der Waals surface area contributed by atoms with E-state index < -0.39 is 5.82 Å². The summed E-state index contributed by atoms with van der Waals surface area (Å²) in [5.74, 6) is -0.387. The van der Waals surface area contributed by atoms with Crippen LogP contribution < -0.4 is 0 Å². The van der Waals surface area contributed by atoms with Crippen LogP contribution in [-0.4, -0.2) is 22.3 Å². The molecule has 0 aliphatic heterocycles. The second-order valence-corrected chi connectivity index (χ2v) is 5.64. The van der Waals surface area contributed by atoms with Crippen molar-refractivity contribution >= 4 is 5.91 Å². The molecule has 0 N–H and O–H groups in total. The van der Waals surface area contributed by atoms with Crippen LogP contribution in [0.25, 0.3) is 11.3 Å². The van der Waals surface area contributed by atoms with Crippen LogP contribution >= 0.6 is 0 Å². The molecule has 1 amide bonds. The molecule has 5 nitrogen and oxygen atoms in total. The Morgan fingerprint density at radius 1 is 1.19 bits per heavy atom. The second-order valence-electron chi connectivity index (χ2n) is 5.64. The van der Waals surface area contributed by atoms with Crippen molar-refractivity contribution in [3.63, 3.8) is 0 Å². The van der Waals surface area contributed by atoms with Gasteiger partial charge in [-0.05, 0) is 35.9 Å². The van der Waals surface area contributed by atoms with Crippen LogP contribution in [-0.2, 0) is 6.54 Å². The average Bonchev–Trinajstić information content (AvgIpc) is 3.15. The summed E-state index contributed by atoms with van der Waals surface area (Å²) in [6, 6.07) is 15.0. The predicted octanol–water partition coefficient (Wildman–Crippen LogP) is 4.04. The Morgan fingerprint density at radius 3 is 2.77 bits per heavy atom. The fraction of sp³-hybridized carbons (Fsp3) is 0.150. The van der Waals surface area contributed by atoms with Gasteiger partial charge >= 0.3 is 0 Å². The van der Waals surface area contributed by atoms with E-state index in [0.717, 1.165) is 5.56 Å². The van der Waals surface area contributed by atoms with Crippen molar-refractivity contribution in [3.8, 4) is 17.4 Å². The van der Waals surface area contributed by atoms with Gasteiger partial charge < -0.3 is 9.32 Å². The smallest absolute Gasteiger partial charge is 0.289 e. The summed E-state index contributed by atoms with van der Waals surface area (Å²) in [5, 5.41) is 8.85. The first-order valence-electron chi connectivity index (χ1n) is 8.09. The Balaban J connectivity index is 1.83. The number of pyridine rings is 1. The van der Waals surface area contributed by atoms with Gasteiger partial charge in [-0.3, -0.25) is 9.78 Å². The van der Waals surface area contributed by atoms with Crippen LogP contribution in [0.2, 0.25) is 0 Å². The van der Waals surface area contributed by atoms with Gasteiger partial charge in [-0.1, -0.05) is 18.2 Å². The summed E-state index contributed by atoms with van der Waals surface area (Å²) in [5.41, 5.74) is 1.14. The molecular weight excluding hydrogens is 333 g/mol. The lowest BCUT2D eigenvalue weighted by atomic mass is 10.1. The van der Waals surface area contributed by atoms with E-state index in [2.05, 4.69) is 4.98 Å². The molecule has 0 bridgehead atoms. The molecule has 0 atom stereocenters. The minimum Gasteiger partial charge on any atom is -0.451 e. The number of amides is 1. The standard InChI is InChI=1S/C20H16FN3O2/c21-17-7-2-1-6-16(17)18-8-9-19(26-18)20(25)24(12-4-10-22)14-15-5-3-11-23-13-15/h1-3,5-9,11,13H,4,12,14H2. The maximum atomic E-state index is 13.9. The number of carbonyl (C=O) groups excluding carboxylic acids is 1. The van der Waals surface area contributed by atoms with Gasteiger partial charge in [0.05, 0.1) is 18.1 Å². The lowest BCUT2D eigenvalue weighted by Gasteiger charge is -2.20. The van der Waals surface area contributed by atoms with Gasteiger partial charge in [-0.2, -0.15) is 5.26 Å². The molecular formula is C20H16FN3O2. The molecule has 130 valence electrons. The summed E-state index contributed by atoms with van der Waals surface area (Å²) >= 11 is 0. The Labute approximate surface area is 150 Å². The van der Waals surface area contributed by atoms with Gasteiger partial charge in [-0.25, -0.2) is 4.39 Å². The van der Waals surface area contributed by atoms with E-state index in [-0.39, 0.29) is 30.4 Å². The first-order valence-corrected chi connectivity index (χ1v) is 8.09. The van der Waals surface area contributed by atoms with E-state index in [1.165, 1.54) is 17.0 Å². The van der Waals surface area contributed by atoms with E-state index in [1.807, 2.05) is 12.1 Å². The van der Waals surface area contributed by atoms with E-state index >= 15 is 0 Å². The fourth-order valence-electron chi connectivity index (χ4n) is 2.56. The zero-order chi connectivity index (χ0) is 18.4. The second kappa shape index (κ2) is 8.08. The molecule has 3 rings (SSSR count). The number of benzene rings is 1. The minimum atomic E-state index is -0.419. The highest BCUT2D eigenvalue weighted by Crippen LogP contribution is 2.25. The number of hydrogen-bond acceptors (Lipinski definition) is 4. The molecule has 0 radical (unpaired) electrons. The molecule has 6 heteroatoms. The van der Waals surface area contributed by atoms with E-state index in [9.17, 15) is 9.18 Å². The maximum Gasteiger partial charge on any atom is 0.289 e. The molecule has 0 aliphatic rings. The van der Waals surface area contributed by atoms with Gasteiger partial charge in [0.1, 0.15) is 11.6 Å². The van der Waals surface area contributed by atoms with Gasteiger partial charge in [0.2, 0.25) is 0 Å². The predicted molar refractivity (Wildman–Crippen MR) is 93.3 cm³/mol. The summed E-state index contributed by atoms with van der Waals surface area (Å²) < 4.78 is 19.5. The van der Waals surface area contributed by atoms with E-state index in [4.69, 9.17) is 9.68 Å². The number of halogens is 1. The Bertz CT molecular complexity index is 931.